The summed E-state index contributed by atoms with van der Waals surface area (Å²) in [4.78, 5) is 0. The predicted octanol–water partition coefficient (Wildman–Crippen LogP) is 7.14. The zero-order valence-electron chi connectivity index (χ0n) is 14.7. The van der Waals surface area contributed by atoms with Gasteiger partial charge in [0.05, 0.1) is 12.2 Å². The van der Waals surface area contributed by atoms with Gasteiger partial charge in [-0.1, -0.05) is 64.2 Å². The molecule has 0 unspecified atom stereocenters. The molecule has 1 aromatic carbocycles. The second-order valence-corrected chi connectivity index (χ2v) is 7.05. The smallest absolute Gasteiger partial charge is 0.416 e. The second kappa shape index (κ2) is 10.0. The molecule has 1 aromatic rings. The highest BCUT2D eigenvalue weighted by Crippen LogP contribution is 2.34. The third-order valence-electron chi connectivity index (χ3n) is 4.72. The Hall–Kier alpha value is -1.26. The molecule has 0 bridgehead atoms. The molecule has 0 amide bonds. The molecular formula is C20H28F4O. The van der Waals surface area contributed by atoms with E-state index in [0.717, 1.165) is 43.4 Å². The summed E-state index contributed by atoms with van der Waals surface area (Å²) in [6.45, 7) is 0.250. The van der Waals surface area contributed by atoms with Gasteiger partial charge in [-0.2, -0.15) is 13.2 Å². The summed E-state index contributed by atoms with van der Waals surface area (Å²) in [5.74, 6) is -0.0358. The topological polar surface area (TPSA) is 9.23 Å². The first-order valence-electron chi connectivity index (χ1n) is 9.46. The minimum atomic E-state index is -4.48. The van der Waals surface area contributed by atoms with Gasteiger partial charge in [-0.25, -0.2) is 4.39 Å². The second-order valence-electron chi connectivity index (χ2n) is 7.05. The van der Waals surface area contributed by atoms with E-state index in [2.05, 4.69) is 0 Å². The molecule has 1 fully saturated rings. The lowest BCUT2D eigenvalue weighted by molar-refractivity contribution is -0.137. The van der Waals surface area contributed by atoms with Crippen LogP contribution in [-0.2, 0) is 6.18 Å². The van der Waals surface area contributed by atoms with Crippen LogP contribution in [0.2, 0.25) is 0 Å². The quantitative estimate of drug-likeness (QED) is 0.284. The summed E-state index contributed by atoms with van der Waals surface area (Å²) in [6, 6.07) is 2.27. The van der Waals surface area contributed by atoms with Crippen molar-refractivity contribution in [3.63, 3.8) is 0 Å². The molecule has 1 aliphatic rings. The summed E-state index contributed by atoms with van der Waals surface area (Å²) < 4.78 is 56.5. The van der Waals surface area contributed by atoms with Crippen LogP contribution in [-0.4, -0.2) is 6.61 Å². The van der Waals surface area contributed by atoms with Gasteiger partial charge >= 0.3 is 6.18 Å². The molecule has 0 radical (unpaired) electrons. The van der Waals surface area contributed by atoms with Crippen molar-refractivity contribution in [2.24, 2.45) is 5.92 Å². The van der Waals surface area contributed by atoms with Crippen LogP contribution < -0.4 is 4.74 Å². The molecule has 0 N–H and O–H groups in total. The average molecular weight is 360 g/mol. The van der Waals surface area contributed by atoms with E-state index in [9.17, 15) is 17.6 Å². The monoisotopic (exact) mass is 360 g/mol. The number of hydrogen-bond donors (Lipinski definition) is 0. The Balaban J connectivity index is 1.49. The Kier molecular flexibility index (Phi) is 8.04. The molecule has 0 saturated heterocycles. The van der Waals surface area contributed by atoms with Crippen LogP contribution in [0.1, 0.15) is 76.2 Å². The average Bonchev–Trinajstić information content (AvgIpc) is 3.37. The first-order chi connectivity index (χ1) is 12.0. The Morgan fingerprint density at radius 3 is 2.08 bits per heavy atom. The number of hydrogen-bond acceptors (Lipinski definition) is 1. The summed E-state index contributed by atoms with van der Waals surface area (Å²) in [5, 5.41) is 0. The molecule has 0 spiro atoms. The Bertz CT molecular complexity index is 509. The van der Waals surface area contributed by atoms with E-state index in [1.54, 1.807) is 0 Å². The lowest BCUT2D eigenvalue weighted by atomic mass is 10.1. The van der Waals surface area contributed by atoms with Crippen LogP contribution in [0.25, 0.3) is 0 Å². The van der Waals surface area contributed by atoms with Crippen LogP contribution in [0.3, 0.4) is 0 Å². The summed E-state index contributed by atoms with van der Waals surface area (Å²) in [5.41, 5.74) is -0.884. The molecule has 142 valence electrons. The maximum Gasteiger partial charge on any atom is 0.416 e. The van der Waals surface area contributed by atoms with Gasteiger partial charge in [0, 0.05) is 0 Å². The van der Waals surface area contributed by atoms with Crippen LogP contribution in [0.5, 0.6) is 5.75 Å². The maximum atomic E-state index is 13.5. The molecule has 0 heterocycles. The first kappa shape index (κ1) is 20.1. The van der Waals surface area contributed by atoms with Gasteiger partial charge in [-0.15, -0.1) is 0 Å². The van der Waals surface area contributed by atoms with Crippen LogP contribution >= 0.6 is 0 Å². The molecule has 0 aliphatic heterocycles. The van der Waals surface area contributed by atoms with Crippen molar-refractivity contribution in [1.29, 1.82) is 0 Å². The van der Waals surface area contributed by atoms with E-state index < -0.39 is 17.6 Å². The molecule has 1 aliphatic carbocycles. The fourth-order valence-corrected chi connectivity index (χ4v) is 2.97. The zero-order chi connectivity index (χ0) is 18.1. The normalized spacial score (nSPS) is 14.7. The minimum absolute atomic E-state index is 0.250. The third kappa shape index (κ3) is 8.10. The Labute approximate surface area is 147 Å². The van der Waals surface area contributed by atoms with E-state index in [-0.39, 0.29) is 12.4 Å². The predicted molar refractivity (Wildman–Crippen MR) is 91.2 cm³/mol. The van der Waals surface area contributed by atoms with Crippen LogP contribution in [0.4, 0.5) is 17.6 Å². The summed E-state index contributed by atoms with van der Waals surface area (Å²) >= 11 is 0. The number of unbranched alkanes of at least 4 members (excludes halogenated alkanes) is 7. The van der Waals surface area contributed by atoms with Crippen LogP contribution in [0, 0.1) is 11.7 Å². The van der Waals surface area contributed by atoms with Gasteiger partial charge in [0.2, 0.25) is 0 Å². The molecule has 5 heteroatoms. The fraction of sp³-hybridized carbons (Fsp3) is 0.700. The number of alkyl halides is 3. The number of rotatable bonds is 12. The number of benzene rings is 1. The van der Waals surface area contributed by atoms with E-state index in [1.807, 2.05) is 0 Å². The van der Waals surface area contributed by atoms with Crippen molar-refractivity contribution >= 4 is 0 Å². The molecule has 25 heavy (non-hydrogen) atoms. The SMILES string of the molecule is Fc1ccc(C(F)(F)F)cc1OCCCCCCCCCCC1CC1. The summed E-state index contributed by atoms with van der Waals surface area (Å²) in [7, 11) is 0. The highest BCUT2D eigenvalue weighted by molar-refractivity contribution is 5.31. The molecule has 0 atom stereocenters. The standard InChI is InChI=1S/C20H28F4O/c21-18-13-12-17(20(22,23)24)15-19(18)25-14-8-6-4-2-1-3-5-7-9-16-10-11-16/h12-13,15-16H,1-11,14H2. The Morgan fingerprint density at radius 1 is 0.880 bits per heavy atom. The van der Waals surface area contributed by atoms with E-state index in [4.69, 9.17) is 4.74 Å². The lowest BCUT2D eigenvalue weighted by Crippen LogP contribution is -2.07. The maximum absolute atomic E-state index is 13.5. The molecular weight excluding hydrogens is 332 g/mol. The minimum Gasteiger partial charge on any atom is -0.491 e. The number of halogens is 4. The third-order valence-corrected chi connectivity index (χ3v) is 4.72. The van der Waals surface area contributed by atoms with Gasteiger partial charge < -0.3 is 4.74 Å². The Morgan fingerprint density at radius 2 is 1.48 bits per heavy atom. The van der Waals surface area contributed by atoms with Gasteiger partial charge in [-0.3, -0.25) is 0 Å². The van der Waals surface area contributed by atoms with Crippen molar-refractivity contribution in [2.45, 2.75) is 76.8 Å². The van der Waals surface area contributed by atoms with Crippen molar-refractivity contribution in [2.75, 3.05) is 6.61 Å². The van der Waals surface area contributed by atoms with E-state index in [1.165, 1.54) is 51.4 Å². The van der Waals surface area contributed by atoms with Crippen LogP contribution in [0.15, 0.2) is 18.2 Å². The van der Waals surface area contributed by atoms with Crippen molar-refractivity contribution in [3.8, 4) is 5.75 Å². The van der Waals surface area contributed by atoms with Crippen molar-refractivity contribution < 1.29 is 22.3 Å². The first-order valence-corrected chi connectivity index (χ1v) is 9.46. The van der Waals surface area contributed by atoms with E-state index in [0.29, 0.717) is 0 Å². The van der Waals surface area contributed by atoms with E-state index >= 15 is 0 Å². The molecule has 1 saturated carbocycles. The molecule has 2 rings (SSSR count). The van der Waals surface area contributed by atoms with Crippen molar-refractivity contribution in [3.05, 3.63) is 29.6 Å². The highest BCUT2D eigenvalue weighted by Gasteiger charge is 2.31. The zero-order valence-corrected chi connectivity index (χ0v) is 14.7. The largest absolute Gasteiger partial charge is 0.491 e. The van der Waals surface area contributed by atoms with Gasteiger partial charge in [0.25, 0.3) is 0 Å². The fourth-order valence-electron chi connectivity index (χ4n) is 2.97. The number of ether oxygens (including phenoxy) is 1. The van der Waals surface area contributed by atoms with Crippen molar-refractivity contribution in [1.82, 2.24) is 0 Å². The molecule has 0 aromatic heterocycles. The lowest BCUT2D eigenvalue weighted by Gasteiger charge is -2.11. The van der Waals surface area contributed by atoms with Gasteiger partial charge in [-0.05, 0) is 30.5 Å². The van der Waals surface area contributed by atoms with Gasteiger partial charge in [0.1, 0.15) is 0 Å². The summed E-state index contributed by atoms with van der Waals surface area (Å²) in [6.07, 6.45) is 8.99. The molecule has 1 nitrogen and oxygen atoms in total. The van der Waals surface area contributed by atoms with Gasteiger partial charge in [0.15, 0.2) is 11.6 Å². The highest BCUT2D eigenvalue weighted by atomic mass is 19.4.